The van der Waals surface area contributed by atoms with Gasteiger partial charge in [0.2, 0.25) is 10.0 Å². The monoisotopic (exact) mass is 423 g/mol. The summed E-state index contributed by atoms with van der Waals surface area (Å²) in [4.78, 5) is -0.0445. The van der Waals surface area contributed by atoms with E-state index in [4.69, 9.17) is 0 Å². The second-order valence-corrected chi connectivity index (χ2v) is 10.9. The minimum atomic E-state index is -3.79. The molecule has 1 N–H and O–H groups in total. The van der Waals surface area contributed by atoms with E-state index in [2.05, 4.69) is 34.5 Å². The third-order valence-electron chi connectivity index (χ3n) is 4.63. The van der Waals surface area contributed by atoms with Crippen molar-refractivity contribution in [3.63, 3.8) is 0 Å². The van der Waals surface area contributed by atoms with E-state index in [0.29, 0.717) is 10.4 Å². The molecule has 23 heavy (non-hydrogen) atoms. The third-order valence-corrected chi connectivity index (χ3v) is 8.23. The van der Waals surface area contributed by atoms with Gasteiger partial charge in [-0.15, -0.1) is 0 Å². The van der Waals surface area contributed by atoms with Crippen molar-refractivity contribution in [1.82, 2.24) is 4.72 Å². The highest BCUT2D eigenvalue weighted by atomic mass is 79.9. The van der Waals surface area contributed by atoms with E-state index < -0.39 is 19.9 Å². The van der Waals surface area contributed by atoms with E-state index in [1.807, 2.05) is 0 Å². The van der Waals surface area contributed by atoms with Gasteiger partial charge in [0, 0.05) is 16.8 Å². The summed E-state index contributed by atoms with van der Waals surface area (Å²) in [6, 6.07) is 3.93. The molecule has 3 atom stereocenters. The molecule has 0 bridgehead atoms. The predicted molar refractivity (Wildman–Crippen MR) is 93.5 cm³/mol. The van der Waals surface area contributed by atoms with Gasteiger partial charge in [-0.3, -0.25) is 0 Å². The summed E-state index contributed by atoms with van der Waals surface area (Å²) in [5.41, 5.74) is 0. The van der Waals surface area contributed by atoms with Crippen LogP contribution in [0.5, 0.6) is 0 Å². The molecule has 5 nitrogen and oxygen atoms in total. The molecule has 1 aromatic carbocycles. The number of rotatable bonds is 4. The first-order valence-electron chi connectivity index (χ1n) is 7.54. The second-order valence-electron chi connectivity index (χ2n) is 6.36. The zero-order valence-corrected chi connectivity index (χ0v) is 16.6. The van der Waals surface area contributed by atoms with Gasteiger partial charge in [0.15, 0.2) is 9.84 Å². The SMILES string of the molecule is CC1CCCC(NS(=O)(=O)c2cc(S(C)(=O)=O)ccc2Br)C1C. The van der Waals surface area contributed by atoms with Crippen LogP contribution in [0.3, 0.4) is 0 Å². The molecule has 1 aliphatic carbocycles. The van der Waals surface area contributed by atoms with Gasteiger partial charge >= 0.3 is 0 Å². The lowest BCUT2D eigenvalue weighted by atomic mass is 9.78. The third kappa shape index (κ3) is 4.35. The Kier molecular flexibility index (Phi) is 5.60. The summed E-state index contributed by atoms with van der Waals surface area (Å²) in [6.07, 6.45) is 3.95. The highest BCUT2D eigenvalue weighted by molar-refractivity contribution is 9.10. The Hall–Kier alpha value is -0.440. The maximum absolute atomic E-state index is 12.7. The molecule has 1 aromatic rings. The molecule has 0 aliphatic heterocycles. The normalized spacial score (nSPS) is 26.2. The first-order valence-corrected chi connectivity index (χ1v) is 11.7. The van der Waals surface area contributed by atoms with Crippen LogP contribution in [0.25, 0.3) is 0 Å². The minimum absolute atomic E-state index is 0.00821. The first kappa shape index (κ1) is 18.9. The Morgan fingerprint density at radius 1 is 1.13 bits per heavy atom. The molecule has 1 saturated carbocycles. The molecule has 1 aliphatic rings. The van der Waals surface area contributed by atoms with E-state index in [1.165, 1.54) is 18.2 Å². The van der Waals surface area contributed by atoms with Gasteiger partial charge < -0.3 is 0 Å². The minimum Gasteiger partial charge on any atom is -0.224 e. The van der Waals surface area contributed by atoms with Crippen molar-refractivity contribution in [2.24, 2.45) is 11.8 Å². The number of benzene rings is 1. The van der Waals surface area contributed by atoms with E-state index in [9.17, 15) is 16.8 Å². The fraction of sp³-hybridized carbons (Fsp3) is 0.600. The molecule has 0 saturated heterocycles. The fourth-order valence-corrected chi connectivity index (χ4v) is 6.00. The van der Waals surface area contributed by atoms with Crippen LogP contribution in [0.1, 0.15) is 33.1 Å². The zero-order valence-electron chi connectivity index (χ0n) is 13.4. The first-order chi connectivity index (χ1) is 10.5. The maximum atomic E-state index is 12.7. The van der Waals surface area contributed by atoms with Crippen molar-refractivity contribution in [2.45, 2.75) is 48.9 Å². The predicted octanol–water partition coefficient (Wildman–Crippen LogP) is 2.96. The molecular formula is C15H22BrNO4S2. The molecule has 2 rings (SSSR count). The van der Waals surface area contributed by atoms with E-state index in [0.717, 1.165) is 25.5 Å². The van der Waals surface area contributed by atoms with E-state index in [-0.39, 0.29) is 21.8 Å². The molecule has 0 radical (unpaired) electrons. The van der Waals surface area contributed by atoms with Gasteiger partial charge in [0.25, 0.3) is 0 Å². The Labute approximate surface area is 147 Å². The van der Waals surface area contributed by atoms with Crippen LogP contribution in [-0.2, 0) is 19.9 Å². The van der Waals surface area contributed by atoms with Gasteiger partial charge in [-0.2, -0.15) is 0 Å². The number of halogens is 1. The summed E-state index contributed by atoms with van der Waals surface area (Å²) < 4.78 is 51.9. The number of nitrogens with one attached hydrogen (secondary N) is 1. The average molecular weight is 424 g/mol. The quantitative estimate of drug-likeness (QED) is 0.806. The zero-order chi connectivity index (χ0) is 17.4. The molecule has 0 aromatic heterocycles. The van der Waals surface area contributed by atoms with Crippen LogP contribution >= 0.6 is 15.9 Å². The highest BCUT2D eigenvalue weighted by Crippen LogP contribution is 2.32. The lowest BCUT2D eigenvalue weighted by molar-refractivity contribution is 0.227. The number of sulfone groups is 1. The van der Waals surface area contributed by atoms with Gasteiger partial charge in [-0.1, -0.05) is 26.7 Å². The van der Waals surface area contributed by atoms with Crippen LogP contribution in [0.4, 0.5) is 0 Å². The molecule has 1 fully saturated rings. The topological polar surface area (TPSA) is 80.3 Å². The van der Waals surface area contributed by atoms with E-state index >= 15 is 0 Å². The molecule has 8 heteroatoms. The average Bonchev–Trinajstić information content (AvgIpc) is 2.42. The molecule has 130 valence electrons. The fourth-order valence-electron chi connectivity index (χ4n) is 2.93. The maximum Gasteiger partial charge on any atom is 0.241 e. The summed E-state index contributed by atoms with van der Waals surface area (Å²) in [7, 11) is -7.26. The molecular weight excluding hydrogens is 402 g/mol. The van der Waals surface area contributed by atoms with Crippen molar-refractivity contribution in [3.05, 3.63) is 22.7 Å². The number of hydrogen-bond acceptors (Lipinski definition) is 4. The molecule has 0 amide bonds. The van der Waals surface area contributed by atoms with Crippen molar-refractivity contribution < 1.29 is 16.8 Å². The van der Waals surface area contributed by atoms with Crippen LogP contribution in [0, 0.1) is 11.8 Å². The summed E-state index contributed by atoms with van der Waals surface area (Å²) in [5, 5.41) is 0. The van der Waals surface area contributed by atoms with Crippen LogP contribution in [-0.4, -0.2) is 29.1 Å². The summed E-state index contributed by atoms with van der Waals surface area (Å²) in [5.74, 6) is 0.706. The standard InChI is InChI=1S/C15H22BrNO4S2/c1-10-5-4-6-14(11(10)2)17-23(20,21)15-9-12(22(3,18)19)7-8-13(15)16/h7-11,14,17H,4-6H2,1-3H3. The van der Waals surface area contributed by atoms with Crippen molar-refractivity contribution in [1.29, 1.82) is 0 Å². The van der Waals surface area contributed by atoms with Crippen LogP contribution in [0.2, 0.25) is 0 Å². The van der Waals surface area contributed by atoms with Gasteiger partial charge in [0.05, 0.1) is 9.79 Å². The molecule has 3 unspecified atom stereocenters. The van der Waals surface area contributed by atoms with Gasteiger partial charge in [-0.05, 0) is 52.4 Å². The second kappa shape index (κ2) is 6.82. The Morgan fingerprint density at radius 2 is 1.78 bits per heavy atom. The largest absolute Gasteiger partial charge is 0.241 e. The number of hydrogen-bond donors (Lipinski definition) is 1. The van der Waals surface area contributed by atoms with Crippen molar-refractivity contribution in [3.8, 4) is 0 Å². The summed E-state index contributed by atoms with van der Waals surface area (Å²) in [6.45, 7) is 4.18. The Balaban J connectivity index is 2.36. The van der Waals surface area contributed by atoms with Crippen molar-refractivity contribution in [2.75, 3.05) is 6.26 Å². The smallest absolute Gasteiger partial charge is 0.224 e. The van der Waals surface area contributed by atoms with Gasteiger partial charge in [-0.25, -0.2) is 21.6 Å². The Morgan fingerprint density at radius 3 is 2.39 bits per heavy atom. The van der Waals surface area contributed by atoms with Crippen LogP contribution < -0.4 is 4.72 Å². The van der Waals surface area contributed by atoms with Crippen LogP contribution in [0.15, 0.2) is 32.5 Å². The molecule has 0 heterocycles. The lowest BCUT2D eigenvalue weighted by Gasteiger charge is -2.34. The number of sulfonamides is 1. The van der Waals surface area contributed by atoms with E-state index in [1.54, 1.807) is 0 Å². The highest BCUT2D eigenvalue weighted by Gasteiger charge is 2.31. The Bertz CT molecular complexity index is 790. The lowest BCUT2D eigenvalue weighted by Crippen LogP contribution is -2.43. The van der Waals surface area contributed by atoms with Crippen molar-refractivity contribution >= 4 is 35.8 Å². The summed E-state index contributed by atoms with van der Waals surface area (Å²) >= 11 is 3.21. The molecule has 0 spiro atoms. The van der Waals surface area contributed by atoms with Gasteiger partial charge in [0.1, 0.15) is 0 Å².